The monoisotopic (exact) mass is 394 g/mol. The van der Waals surface area contributed by atoms with E-state index < -0.39 is 0 Å². The average molecular weight is 395 g/mol. The molecule has 0 radical (unpaired) electrons. The van der Waals surface area contributed by atoms with E-state index in [1.54, 1.807) is 6.07 Å². The number of amides is 1. The maximum Gasteiger partial charge on any atom is 0.262 e. The number of carbonyl (C=O) groups excluding carboxylic acids is 1. The van der Waals surface area contributed by atoms with Crippen molar-refractivity contribution in [3.05, 3.63) is 88.4 Å². The van der Waals surface area contributed by atoms with Gasteiger partial charge in [0.05, 0.1) is 5.02 Å². The van der Waals surface area contributed by atoms with Crippen LogP contribution in [0.15, 0.2) is 66.7 Å². The fourth-order valence-corrected chi connectivity index (χ4v) is 3.01. The Morgan fingerprint density at radius 1 is 1.00 bits per heavy atom. The van der Waals surface area contributed by atoms with E-state index in [9.17, 15) is 4.79 Å². The minimum absolute atomic E-state index is 0.102. The fourth-order valence-electron chi connectivity index (χ4n) is 2.75. The molecule has 0 aliphatic carbocycles. The second-order valence-corrected chi connectivity index (χ2v) is 6.98. The van der Waals surface area contributed by atoms with Crippen LogP contribution < -0.4 is 15.4 Å². The first-order valence-electron chi connectivity index (χ1n) is 9.09. The summed E-state index contributed by atoms with van der Waals surface area (Å²) >= 11 is 6.32. The summed E-state index contributed by atoms with van der Waals surface area (Å²) in [6, 6.07) is 21.3. The van der Waals surface area contributed by atoms with Gasteiger partial charge in [0.15, 0.2) is 6.61 Å². The lowest BCUT2D eigenvalue weighted by atomic mass is 10.1. The van der Waals surface area contributed by atoms with Crippen molar-refractivity contribution in [1.29, 1.82) is 0 Å². The number of rotatable bonds is 7. The first-order valence-corrected chi connectivity index (χ1v) is 9.47. The molecule has 3 aromatic rings. The summed E-state index contributed by atoms with van der Waals surface area (Å²) in [4.78, 5) is 12.2. The molecule has 144 valence electrons. The molecule has 0 fully saturated rings. The minimum atomic E-state index is -0.223. The summed E-state index contributed by atoms with van der Waals surface area (Å²) in [6.45, 7) is 4.53. The molecule has 0 bridgehead atoms. The molecule has 2 N–H and O–H groups in total. The summed E-state index contributed by atoms with van der Waals surface area (Å²) in [5, 5.41) is 6.68. The summed E-state index contributed by atoms with van der Waals surface area (Å²) in [5.74, 6) is 0.265. The van der Waals surface area contributed by atoms with Crippen LogP contribution in [0.25, 0.3) is 0 Å². The number of hydrogen-bond donors (Lipinski definition) is 2. The highest BCUT2D eigenvalue weighted by molar-refractivity contribution is 6.32. The second-order valence-electron chi connectivity index (χ2n) is 6.57. The van der Waals surface area contributed by atoms with Gasteiger partial charge in [-0.1, -0.05) is 48.0 Å². The van der Waals surface area contributed by atoms with Crippen LogP contribution in [0.1, 0.15) is 16.7 Å². The molecule has 0 spiro atoms. The Labute approximate surface area is 170 Å². The average Bonchev–Trinajstić information content (AvgIpc) is 2.70. The van der Waals surface area contributed by atoms with Crippen LogP contribution in [0.5, 0.6) is 5.75 Å². The van der Waals surface area contributed by atoms with Gasteiger partial charge >= 0.3 is 0 Å². The van der Waals surface area contributed by atoms with E-state index in [2.05, 4.69) is 10.6 Å². The van der Waals surface area contributed by atoms with Crippen LogP contribution in [0.3, 0.4) is 0 Å². The molecule has 4 nitrogen and oxygen atoms in total. The Balaban J connectivity index is 1.54. The molecule has 0 unspecified atom stereocenters. The number of anilines is 2. The lowest BCUT2D eigenvalue weighted by Gasteiger charge is -2.12. The first kappa shape index (κ1) is 19.8. The number of carbonyl (C=O) groups is 1. The third kappa shape index (κ3) is 5.27. The van der Waals surface area contributed by atoms with E-state index in [1.807, 2.05) is 74.5 Å². The number of halogens is 1. The minimum Gasteiger partial charge on any atom is -0.482 e. The van der Waals surface area contributed by atoms with Gasteiger partial charge < -0.3 is 15.4 Å². The van der Waals surface area contributed by atoms with E-state index in [0.29, 0.717) is 17.3 Å². The van der Waals surface area contributed by atoms with Crippen molar-refractivity contribution in [2.45, 2.75) is 20.4 Å². The molecule has 0 heterocycles. The Morgan fingerprint density at radius 2 is 1.79 bits per heavy atom. The van der Waals surface area contributed by atoms with Crippen molar-refractivity contribution in [3.63, 3.8) is 0 Å². The van der Waals surface area contributed by atoms with Gasteiger partial charge in [0.25, 0.3) is 5.91 Å². The van der Waals surface area contributed by atoms with Crippen molar-refractivity contribution in [1.82, 2.24) is 0 Å². The zero-order valence-corrected chi connectivity index (χ0v) is 16.7. The third-order valence-electron chi connectivity index (χ3n) is 4.50. The molecule has 3 aromatic carbocycles. The predicted octanol–water partition coefficient (Wildman–Crippen LogP) is 5.59. The Kier molecular flexibility index (Phi) is 6.56. The molecule has 0 aliphatic heterocycles. The van der Waals surface area contributed by atoms with Crippen LogP contribution in [-0.4, -0.2) is 12.5 Å². The zero-order chi connectivity index (χ0) is 19.9. The number of hydrogen-bond acceptors (Lipinski definition) is 3. The molecule has 28 heavy (non-hydrogen) atoms. The molecule has 5 heteroatoms. The number of benzene rings is 3. The smallest absolute Gasteiger partial charge is 0.262 e. The van der Waals surface area contributed by atoms with Gasteiger partial charge in [0.2, 0.25) is 0 Å². The molecule has 0 aromatic heterocycles. The highest BCUT2D eigenvalue weighted by atomic mass is 35.5. The van der Waals surface area contributed by atoms with Gasteiger partial charge in [-0.2, -0.15) is 0 Å². The van der Waals surface area contributed by atoms with E-state index in [-0.39, 0.29) is 12.5 Å². The normalized spacial score (nSPS) is 10.4. The van der Waals surface area contributed by atoms with E-state index in [0.717, 1.165) is 28.1 Å². The third-order valence-corrected chi connectivity index (χ3v) is 4.80. The zero-order valence-electron chi connectivity index (χ0n) is 16.0. The van der Waals surface area contributed by atoms with Gasteiger partial charge in [0, 0.05) is 17.9 Å². The lowest BCUT2D eigenvalue weighted by Crippen LogP contribution is -2.20. The van der Waals surface area contributed by atoms with Crippen molar-refractivity contribution >= 4 is 28.9 Å². The molecule has 1 amide bonds. The van der Waals surface area contributed by atoms with Crippen LogP contribution in [0.4, 0.5) is 11.4 Å². The lowest BCUT2D eigenvalue weighted by molar-refractivity contribution is -0.118. The number of nitrogens with one attached hydrogen (secondary N) is 2. The highest BCUT2D eigenvalue weighted by Crippen LogP contribution is 2.26. The molecular weight excluding hydrogens is 372 g/mol. The number of ether oxygens (including phenoxy) is 1. The predicted molar refractivity (Wildman–Crippen MR) is 115 cm³/mol. The molecule has 3 rings (SSSR count). The van der Waals surface area contributed by atoms with Crippen LogP contribution >= 0.6 is 11.6 Å². The van der Waals surface area contributed by atoms with E-state index in [4.69, 9.17) is 16.3 Å². The van der Waals surface area contributed by atoms with Crippen LogP contribution in [-0.2, 0) is 11.3 Å². The largest absolute Gasteiger partial charge is 0.482 e. The van der Waals surface area contributed by atoms with Crippen LogP contribution in [0, 0.1) is 13.8 Å². The van der Waals surface area contributed by atoms with Gasteiger partial charge in [-0.15, -0.1) is 0 Å². The number of aryl methyl sites for hydroxylation is 1. The second kappa shape index (κ2) is 9.29. The van der Waals surface area contributed by atoms with Crippen molar-refractivity contribution in [2.75, 3.05) is 17.2 Å². The summed E-state index contributed by atoms with van der Waals surface area (Å²) in [5.41, 5.74) is 5.04. The molecule has 0 aliphatic rings. The summed E-state index contributed by atoms with van der Waals surface area (Å²) in [6.07, 6.45) is 0. The standard InChI is InChI=1S/C23H23ClN2O2/c1-16-7-6-10-21(17(16)2)26-23(27)15-28-22-12-11-18(13-20(22)24)14-25-19-8-4-3-5-9-19/h3-13,25H,14-15H2,1-2H3,(H,26,27). The topological polar surface area (TPSA) is 50.4 Å². The van der Waals surface area contributed by atoms with Gasteiger partial charge in [-0.3, -0.25) is 4.79 Å². The molecule has 0 saturated heterocycles. The molecular formula is C23H23ClN2O2. The molecule has 0 saturated carbocycles. The van der Waals surface area contributed by atoms with Gasteiger partial charge in [0.1, 0.15) is 5.75 Å². The highest BCUT2D eigenvalue weighted by Gasteiger charge is 2.09. The number of para-hydroxylation sites is 1. The van der Waals surface area contributed by atoms with Crippen molar-refractivity contribution in [3.8, 4) is 5.75 Å². The Bertz CT molecular complexity index is 958. The van der Waals surface area contributed by atoms with Crippen molar-refractivity contribution < 1.29 is 9.53 Å². The van der Waals surface area contributed by atoms with Crippen molar-refractivity contribution in [2.24, 2.45) is 0 Å². The quantitative estimate of drug-likeness (QED) is 0.549. The molecule has 0 atom stereocenters. The summed E-state index contributed by atoms with van der Waals surface area (Å²) < 4.78 is 5.59. The van der Waals surface area contributed by atoms with Crippen LogP contribution in [0.2, 0.25) is 5.02 Å². The van der Waals surface area contributed by atoms with Gasteiger partial charge in [-0.05, 0) is 60.9 Å². The fraction of sp³-hybridized carbons (Fsp3) is 0.174. The van der Waals surface area contributed by atoms with Gasteiger partial charge in [-0.25, -0.2) is 0 Å². The Hall–Kier alpha value is -2.98. The first-order chi connectivity index (χ1) is 13.5. The SMILES string of the molecule is Cc1cccc(NC(=O)COc2ccc(CNc3ccccc3)cc2Cl)c1C. The Morgan fingerprint density at radius 3 is 2.54 bits per heavy atom. The maximum absolute atomic E-state index is 12.2. The van der Waals surface area contributed by atoms with E-state index >= 15 is 0 Å². The maximum atomic E-state index is 12.2. The summed E-state index contributed by atoms with van der Waals surface area (Å²) in [7, 11) is 0. The van der Waals surface area contributed by atoms with E-state index in [1.165, 1.54) is 0 Å².